The summed E-state index contributed by atoms with van der Waals surface area (Å²) in [6, 6.07) is 0. The number of nitrogens with one attached hydrogen (secondary N) is 6. The van der Waals surface area contributed by atoms with Gasteiger partial charge in [0.1, 0.15) is 13.5 Å². The monoisotopic (exact) mass is 312 g/mol. The largest absolute Gasteiger partial charge is 0.377 e. The average molecular weight is 312 g/mol. The molecule has 0 saturated carbocycles. The third-order valence-electron chi connectivity index (χ3n) is 1.48. The van der Waals surface area contributed by atoms with E-state index in [1.54, 1.807) is 0 Å². The van der Waals surface area contributed by atoms with E-state index in [0.29, 0.717) is 28.7 Å². The van der Waals surface area contributed by atoms with Crippen molar-refractivity contribution in [2.75, 3.05) is 26.8 Å². The van der Waals surface area contributed by atoms with Gasteiger partial charge in [-0.3, -0.25) is 0 Å². The smallest absolute Gasteiger partial charge is 0.169 e. The van der Waals surface area contributed by atoms with Crippen molar-refractivity contribution in [3.05, 3.63) is 0 Å². The van der Waals surface area contributed by atoms with Gasteiger partial charge in [-0.25, -0.2) is 0 Å². The van der Waals surface area contributed by atoms with Crippen LogP contribution in [0.25, 0.3) is 0 Å². The highest BCUT2D eigenvalue weighted by Crippen LogP contribution is 1.67. The molecule has 0 amide bonds. The summed E-state index contributed by atoms with van der Waals surface area (Å²) in [6.45, 7) is 0.176. The lowest BCUT2D eigenvalue weighted by Gasteiger charge is -2.14. The van der Waals surface area contributed by atoms with E-state index in [1.807, 2.05) is 0 Å². The van der Waals surface area contributed by atoms with Crippen molar-refractivity contribution >= 4 is 52.0 Å². The summed E-state index contributed by atoms with van der Waals surface area (Å²) < 4.78 is 0. The summed E-state index contributed by atoms with van der Waals surface area (Å²) >= 11 is 14.6. The van der Waals surface area contributed by atoms with Crippen LogP contribution in [-0.4, -0.2) is 52.3 Å². The van der Waals surface area contributed by atoms with Gasteiger partial charge in [-0.1, -0.05) is 0 Å². The number of rotatable bonds is 6. The molecule has 0 unspecified atom stereocenters. The van der Waals surface area contributed by atoms with E-state index in [-0.39, 0.29) is 13.5 Å². The zero-order valence-corrected chi connectivity index (χ0v) is 11.9. The van der Waals surface area contributed by atoms with Crippen molar-refractivity contribution in [3.63, 3.8) is 0 Å². The van der Waals surface area contributed by atoms with Gasteiger partial charge in [-0.15, -0.1) is 0 Å². The van der Waals surface area contributed by atoms with Gasteiger partial charge in [0.25, 0.3) is 0 Å². The average Bonchev–Trinajstić information content (AvgIpc) is 2.29. The van der Waals surface area contributed by atoms with Gasteiger partial charge in [-0.2, -0.15) is 0 Å². The zero-order chi connectivity index (χ0) is 13.8. The second kappa shape index (κ2) is 11.1. The maximum absolute atomic E-state index is 8.52. The van der Waals surface area contributed by atoms with Crippen LogP contribution in [0.15, 0.2) is 0 Å². The Morgan fingerprint density at radius 2 is 0.889 bits per heavy atom. The van der Waals surface area contributed by atoms with Gasteiger partial charge >= 0.3 is 0 Å². The van der Waals surface area contributed by atoms with E-state index >= 15 is 0 Å². The maximum atomic E-state index is 8.52. The van der Waals surface area contributed by atoms with E-state index in [2.05, 4.69) is 31.9 Å². The lowest BCUT2D eigenvalue weighted by atomic mass is 10.8. The second-order valence-corrected chi connectivity index (χ2v) is 3.94. The highest BCUT2D eigenvalue weighted by Gasteiger charge is 1.96. The highest BCUT2D eigenvalue weighted by molar-refractivity contribution is 7.80. The van der Waals surface area contributed by atoms with Gasteiger partial charge in [-0.05, 0) is 36.7 Å². The number of hydrogen-bond donors (Lipinski definition) is 8. The lowest BCUT2D eigenvalue weighted by molar-refractivity contribution is 0.285. The van der Waals surface area contributed by atoms with Crippen molar-refractivity contribution in [2.45, 2.75) is 0 Å². The third kappa shape index (κ3) is 10.2. The molecule has 0 saturated heterocycles. The van der Waals surface area contributed by atoms with Crippen molar-refractivity contribution in [2.24, 2.45) is 0 Å². The Morgan fingerprint density at radius 3 is 1.17 bits per heavy atom. The number of thiocarbonyl (C=S) groups is 3. The van der Waals surface area contributed by atoms with Gasteiger partial charge in [0.05, 0.1) is 13.3 Å². The van der Waals surface area contributed by atoms with E-state index in [4.69, 9.17) is 46.9 Å². The second-order valence-electron chi connectivity index (χ2n) is 2.72. The first-order chi connectivity index (χ1) is 8.60. The van der Waals surface area contributed by atoms with E-state index in [9.17, 15) is 0 Å². The van der Waals surface area contributed by atoms with Gasteiger partial charge < -0.3 is 42.1 Å². The fraction of sp³-hybridized carbons (Fsp3) is 0.571. The molecule has 104 valence electrons. The first-order valence-corrected chi connectivity index (χ1v) is 6.09. The zero-order valence-electron chi connectivity index (χ0n) is 9.45. The topological polar surface area (TPSA) is 113 Å². The molecule has 8 N–H and O–H groups in total. The molecule has 0 aliphatic rings. The predicted molar refractivity (Wildman–Crippen MR) is 80.5 cm³/mol. The molecule has 0 aromatic rings. The fourth-order valence-electron chi connectivity index (χ4n) is 0.741. The van der Waals surface area contributed by atoms with E-state index < -0.39 is 0 Å². The normalized spacial score (nSPS) is 9.00. The molecule has 0 aliphatic carbocycles. The Kier molecular flexibility index (Phi) is 10.5. The molecule has 18 heavy (non-hydrogen) atoms. The molecule has 0 rings (SSSR count). The van der Waals surface area contributed by atoms with Crippen molar-refractivity contribution in [1.29, 1.82) is 0 Å². The van der Waals surface area contributed by atoms with Crippen LogP contribution >= 0.6 is 36.7 Å². The summed E-state index contributed by atoms with van der Waals surface area (Å²) in [4.78, 5) is 0. The van der Waals surface area contributed by atoms with Crippen LogP contribution in [0, 0.1) is 0 Å². The molecule has 0 fully saturated rings. The quantitative estimate of drug-likeness (QED) is 0.192. The van der Waals surface area contributed by atoms with E-state index in [1.165, 1.54) is 0 Å². The molecular formula is C7H16N6O2S3. The van der Waals surface area contributed by atoms with Crippen molar-refractivity contribution in [1.82, 2.24) is 31.9 Å². The number of aliphatic hydroxyl groups excluding tert-OH is 2. The minimum atomic E-state index is -0.228. The molecule has 0 heterocycles. The minimum absolute atomic E-state index is 0.228. The van der Waals surface area contributed by atoms with E-state index in [0.717, 1.165) is 0 Å². The Labute approximate surface area is 121 Å². The molecule has 0 aromatic heterocycles. The Bertz CT molecular complexity index is 264. The van der Waals surface area contributed by atoms with Crippen LogP contribution in [0.2, 0.25) is 0 Å². The fourth-order valence-corrected chi connectivity index (χ4v) is 1.16. The van der Waals surface area contributed by atoms with Crippen molar-refractivity contribution < 1.29 is 10.2 Å². The molecular weight excluding hydrogens is 296 g/mol. The predicted octanol–water partition coefficient (Wildman–Crippen LogP) is -2.81. The highest BCUT2D eigenvalue weighted by atomic mass is 32.1. The maximum Gasteiger partial charge on any atom is 0.169 e. The molecule has 0 bridgehead atoms. The van der Waals surface area contributed by atoms with Crippen LogP contribution < -0.4 is 31.9 Å². The molecule has 11 heteroatoms. The van der Waals surface area contributed by atoms with Crippen LogP contribution in [0.4, 0.5) is 0 Å². The minimum Gasteiger partial charge on any atom is -0.377 e. The summed E-state index contributed by atoms with van der Waals surface area (Å²) in [6.07, 6.45) is 0. The molecule has 0 spiro atoms. The van der Waals surface area contributed by atoms with Gasteiger partial charge in [0, 0.05) is 0 Å². The SMILES string of the molecule is OCNC(=S)NCNC(=S)NCNC(=S)NCO. The summed E-state index contributed by atoms with van der Waals surface area (Å²) in [7, 11) is 0. The standard InChI is InChI=1S/C7H16N6O2S3/c14-3-12-6(17)10-1-8-5(16)9-2-11-7(18)13-4-15/h14-15H,1-4H2,(H2,8,9,16)(H2,10,12,17)(H2,11,13,18). The first kappa shape index (κ1) is 17.0. The van der Waals surface area contributed by atoms with Crippen molar-refractivity contribution in [3.8, 4) is 0 Å². The summed E-state index contributed by atoms with van der Waals surface area (Å²) in [5, 5.41) is 34.2. The Morgan fingerprint density at radius 1 is 0.611 bits per heavy atom. The van der Waals surface area contributed by atoms with Gasteiger partial charge in [0.15, 0.2) is 15.3 Å². The third-order valence-corrected chi connectivity index (χ3v) is 2.34. The molecule has 0 aromatic carbocycles. The first-order valence-electron chi connectivity index (χ1n) is 4.87. The molecule has 0 atom stereocenters. The Hall–Kier alpha value is -1.01. The van der Waals surface area contributed by atoms with Crippen LogP contribution in [0.3, 0.4) is 0 Å². The van der Waals surface area contributed by atoms with Crippen LogP contribution in [-0.2, 0) is 0 Å². The number of hydrogen-bond acceptors (Lipinski definition) is 5. The summed E-state index contributed by atoms with van der Waals surface area (Å²) in [5.74, 6) is 0. The molecule has 8 nitrogen and oxygen atoms in total. The van der Waals surface area contributed by atoms with Crippen LogP contribution in [0.1, 0.15) is 0 Å². The molecule has 0 aliphatic heterocycles. The lowest BCUT2D eigenvalue weighted by Crippen LogP contribution is -2.49. The molecule has 0 radical (unpaired) electrons. The number of aliphatic hydroxyl groups is 2. The van der Waals surface area contributed by atoms with Gasteiger partial charge in [0.2, 0.25) is 0 Å². The Balaban J connectivity index is 3.48. The summed E-state index contributed by atoms with van der Waals surface area (Å²) in [5.41, 5.74) is 0. The van der Waals surface area contributed by atoms with Crippen LogP contribution in [0.5, 0.6) is 0 Å².